The number of ketones is 1. The molecule has 3 heterocycles. The largest absolute Gasteiger partial charge is 0.480 e. The van der Waals surface area contributed by atoms with E-state index in [-0.39, 0.29) is 36.9 Å². The second-order valence-electron chi connectivity index (χ2n) is 8.14. The maximum Gasteiger partial charge on any atom is 0.320 e. The van der Waals surface area contributed by atoms with E-state index >= 15 is 0 Å². The van der Waals surface area contributed by atoms with E-state index in [2.05, 4.69) is 0 Å². The second-order valence-corrected chi connectivity index (χ2v) is 10.9. The number of Topliss-reactive ketones (excluding diaryl/α,β-unsaturated/α-hetero) is 1. The molecule has 0 saturated carbocycles. The lowest BCUT2D eigenvalue weighted by Crippen LogP contribution is -2.39. The molecule has 2 unspecified atom stereocenters. The van der Waals surface area contributed by atoms with Crippen LogP contribution < -0.4 is 14.2 Å². The van der Waals surface area contributed by atoms with Crippen molar-refractivity contribution in [2.45, 2.75) is 56.2 Å². The molecule has 10 heteroatoms. The van der Waals surface area contributed by atoms with Crippen LogP contribution in [0.1, 0.15) is 55.3 Å². The topological polar surface area (TPSA) is 102 Å². The molecule has 0 amide bonds. The summed E-state index contributed by atoms with van der Waals surface area (Å²) in [7, 11) is 3.84. The van der Waals surface area contributed by atoms with E-state index in [1.54, 1.807) is 4.90 Å². The fourth-order valence-corrected chi connectivity index (χ4v) is 7.20. The van der Waals surface area contributed by atoms with Crippen molar-refractivity contribution in [2.24, 2.45) is 0 Å². The molecule has 0 radical (unpaired) electrons. The number of benzene rings is 1. The van der Waals surface area contributed by atoms with Gasteiger partial charge in [-0.2, -0.15) is 0 Å². The Morgan fingerprint density at radius 3 is 2.72 bits per heavy atom. The Balaban J connectivity index is 1.39. The Labute approximate surface area is 194 Å². The number of likely N-dealkylation sites (tertiary alicyclic amines) is 1. The molecule has 0 bridgehead atoms. The van der Waals surface area contributed by atoms with Gasteiger partial charge in [0.25, 0.3) is 0 Å². The van der Waals surface area contributed by atoms with Crippen LogP contribution in [0.3, 0.4) is 0 Å². The Kier molecular flexibility index (Phi) is 7.85. The molecular weight excluding hydrogens is 454 g/mol. The molecule has 0 aromatic heterocycles. The predicted molar refractivity (Wildman–Crippen MR) is 122 cm³/mol. The lowest BCUT2D eigenvalue weighted by atomic mass is 10.1. The van der Waals surface area contributed by atoms with Crippen molar-refractivity contribution in [1.29, 1.82) is 0 Å². The zero-order chi connectivity index (χ0) is 22.5. The smallest absolute Gasteiger partial charge is 0.320 e. The summed E-state index contributed by atoms with van der Waals surface area (Å²) in [5, 5.41) is 10.1. The van der Waals surface area contributed by atoms with Crippen LogP contribution in [0.4, 0.5) is 0 Å². The molecule has 1 N–H and O–H groups in total. The zero-order valence-electron chi connectivity index (χ0n) is 17.7. The number of carboxylic acids is 1. The van der Waals surface area contributed by atoms with E-state index in [1.165, 1.54) is 24.3 Å². The van der Waals surface area contributed by atoms with Crippen LogP contribution in [0.25, 0.3) is 0 Å². The van der Waals surface area contributed by atoms with Crippen molar-refractivity contribution < 1.29 is 33.7 Å². The predicted octanol–water partition coefficient (Wildman–Crippen LogP) is 3.77. The third kappa shape index (κ3) is 5.71. The van der Waals surface area contributed by atoms with Gasteiger partial charge < -0.3 is 19.3 Å². The minimum Gasteiger partial charge on any atom is -0.480 e. The molecule has 3 aliphatic heterocycles. The van der Waals surface area contributed by atoms with Crippen molar-refractivity contribution in [3.63, 3.8) is 0 Å². The van der Waals surface area contributed by atoms with Crippen LogP contribution in [0.2, 0.25) is 0 Å². The van der Waals surface area contributed by atoms with Gasteiger partial charge in [-0.15, -0.1) is 0 Å². The maximum atomic E-state index is 13.1. The van der Waals surface area contributed by atoms with Gasteiger partial charge >= 0.3 is 11.9 Å². The highest BCUT2D eigenvalue weighted by Gasteiger charge is 2.33. The molecule has 3 aliphatic rings. The zero-order valence-corrected chi connectivity index (χ0v) is 19.4. The highest BCUT2D eigenvalue weighted by atomic mass is 33.1. The number of ether oxygens (including phenoxy) is 3. The number of nitrogens with zero attached hydrogens (tertiary/aromatic N) is 1. The van der Waals surface area contributed by atoms with Gasteiger partial charge in [0.2, 0.25) is 6.79 Å². The van der Waals surface area contributed by atoms with E-state index in [4.69, 9.17) is 14.2 Å². The Bertz CT molecular complexity index is 872. The molecule has 2 saturated heterocycles. The fraction of sp³-hybridized carbons (Fsp3) is 0.591. The minimum absolute atomic E-state index is 0.0328. The number of esters is 1. The van der Waals surface area contributed by atoms with Crippen LogP contribution in [-0.4, -0.2) is 64.7 Å². The van der Waals surface area contributed by atoms with Gasteiger partial charge in [-0.25, -0.2) is 0 Å². The number of rotatable bonds is 10. The summed E-state index contributed by atoms with van der Waals surface area (Å²) in [6, 6.07) is 2.36. The summed E-state index contributed by atoms with van der Waals surface area (Å²) < 4.78 is 16.3. The number of unbranched alkanes of at least 4 members (excludes halogenated alkanes) is 1. The first-order valence-electron chi connectivity index (χ1n) is 10.9. The summed E-state index contributed by atoms with van der Waals surface area (Å²) in [5.41, 5.74) is 0.206. The number of carbonyl (C=O) groups is 3. The number of fused-ring (bicyclic) bond motifs is 1. The third-order valence-electron chi connectivity index (χ3n) is 5.88. The van der Waals surface area contributed by atoms with E-state index in [0.717, 1.165) is 25.7 Å². The van der Waals surface area contributed by atoms with E-state index < -0.39 is 18.0 Å². The number of hydrogen-bond donors (Lipinski definition) is 1. The summed E-state index contributed by atoms with van der Waals surface area (Å²) >= 11 is 0. The lowest BCUT2D eigenvalue weighted by molar-refractivity contribution is -0.142. The van der Waals surface area contributed by atoms with E-state index in [1.807, 2.05) is 21.6 Å². The highest BCUT2D eigenvalue weighted by molar-refractivity contribution is 8.77. The summed E-state index contributed by atoms with van der Waals surface area (Å²) in [4.78, 5) is 38.6. The van der Waals surface area contributed by atoms with Crippen molar-refractivity contribution in [2.75, 3.05) is 25.6 Å². The van der Waals surface area contributed by atoms with E-state index in [9.17, 15) is 19.5 Å². The standard InChI is InChI=1S/C22H27NO7S2/c24-17(12-23-8-3-5-16(23)22(26)27)15-10-19-20(29-13-28-19)11-18(15)30-21(25)6-2-1-4-14-7-9-31-32-14/h10-11,14,16H,1-9,12-13H2,(H,26,27). The van der Waals surface area contributed by atoms with Gasteiger partial charge in [0.1, 0.15) is 11.8 Å². The molecule has 1 aromatic carbocycles. The summed E-state index contributed by atoms with van der Waals surface area (Å²) in [6.45, 7) is 0.517. The monoisotopic (exact) mass is 481 g/mol. The Morgan fingerprint density at radius 1 is 1.16 bits per heavy atom. The average molecular weight is 482 g/mol. The third-order valence-corrected chi connectivity index (χ3v) is 8.89. The molecule has 174 valence electrons. The van der Waals surface area contributed by atoms with Gasteiger partial charge in [0.15, 0.2) is 17.3 Å². The molecule has 8 nitrogen and oxygen atoms in total. The first kappa shape index (κ1) is 23.3. The van der Waals surface area contributed by atoms with Crippen molar-refractivity contribution in [3.05, 3.63) is 17.7 Å². The molecule has 1 aromatic rings. The maximum absolute atomic E-state index is 13.1. The number of carboxylic acid groups (broad SMARTS) is 1. The number of hydrogen-bond acceptors (Lipinski definition) is 9. The lowest BCUT2D eigenvalue weighted by Gasteiger charge is -2.20. The molecular formula is C22H27NO7S2. The van der Waals surface area contributed by atoms with Crippen LogP contribution in [-0.2, 0) is 9.59 Å². The van der Waals surface area contributed by atoms with Gasteiger partial charge in [-0.1, -0.05) is 28.0 Å². The van der Waals surface area contributed by atoms with Crippen molar-refractivity contribution in [3.8, 4) is 17.2 Å². The normalized spacial score (nSPS) is 22.2. The Morgan fingerprint density at radius 2 is 1.97 bits per heavy atom. The van der Waals surface area contributed by atoms with E-state index in [0.29, 0.717) is 29.7 Å². The van der Waals surface area contributed by atoms with Gasteiger partial charge in [0.05, 0.1) is 12.1 Å². The fourth-order valence-electron chi connectivity index (χ4n) is 4.17. The summed E-state index contributed by atoms with van der Waals surface area (Å²) in [5.74, 6) is 0.537. The average Bonchev–Trinajstić information content (AvgIpc) is 3.52. The van der Waals surface area contributed by atoms with Crippen LogP contribution >= 0.6 is 21.6 Å². The van der Waals surface area contributed by atoms with Crippen molar-refractivity contribution in [1.82, 2.24) is 4.90 Å². The molecule has 4 rings (SSSR count). The number of carbonyl (C=O) groups excluding carboxylic acids is 2. The van der Waals surface area contributed by atoms with Crippen LogP contribution in [0.5, 0.6) is 17.2 Å². The SMILES string of the molecule is O=C(CCCCC1CCSS1)Oc1cc2c(cc1C(=O)CN1CCCC1C(=O)O)OCO2. The first-order valence-corrected chi connectivity index (χ1v) is 13.3. The Hall–Kier alpha value is -1.91. The molecule has 2 atom stereocenters. The van der Waals surface area contributed by atoms with Crippen LogP contribution in [0, 0.1) is 0 Å². The van der Waals surface area contributed by atoms with Gasteiger partial charge in [-0.3, -0.25) is 19.3 Å². The molecule has 0 aliphatic carbocycles. The second kappa shape index (κ2) is 10.8. The van der Waals surface area contributed by atoms with Gasteiger partial charge in [-0.05, 0) is 44.7 Å². The van der Waals surface area contributed by atoms with Crippen LogP contribution in [0.15, 0.2) is 12.1 Å². The first-order chi connectivity index (χ1) is 15.5. The molecule has 32 heavy (non-hydrogen) atoms. The molecule has 2 fully saturated rings. The number of aliphatic carboxylic acids is 1. The quantitative estimate of drug-likeness (QED) is 0.175. The van der Waals surface area contributed by atoms with Crippen molar-refractivity contribution >= 4 is 39.3 Å². The highest BCUT2D eigenvalue weighted by Crippen LogP contribution is 2.40. The minimum atomic E-state index is -0.928. The summed E-state index contributed by atoms with van der Waals surface area (Å²) in [6.07, 6.45) is 5.55. The molecule has 0 spiro atoms. The van der Waals surface area contributed by atoms with Gasteiger partial charge in [0, 0.05) is 23.5 Å².